The second kappa shape index (κ2) is 6.47. The van der Waals surface area contributed by atoms with Crippen LogP contribution in [0.25, 0.3) is 10.6 Å². The predicted octanol–water partition coefficient (Wildman–Crippen LogP) is 3.27. The SMILES string of the molecule is O=S1(=O)NCCOc2ccc(Oc3cccc(-c4nccs4)c3)cc21. The normalized spacial score (nSPS) is 15.7. The van der Waals surface area contributed by atoms with Crippen molar-refractivity contribution in [2.75, 3.05) is 13.2 Å². The highest BCUT2D eigenvalue weighted by molar-refractivity contribution is 7.89. The zero-order valence-corrected chi connectivity index (χ0v) is 14.6. The van der Waals surface area contributed by atoms with Gasteiger partial charge in [0.1, 0.15) is 33.8 Å². The summed E-state index contributed by atoms with van der Waals surface area (Å²) in [5.41, 5.74) is 0.944. The summed E-state index contributed by atoms with van der Waals surface area (Å²) in [5.74, 6) is 1.35. The molecule has 1 aliphatic rings. The second-order valence-corrected chi connectivity index (χ2v) is 7.95. The number of fused-ring (bicyclic) bond motifs is 1. The average molecular weight is 374 g/mol. The van der Waals surface area contributed by atoms with Gasteiger partial charge in [-0.1, -0.05) is 12.1 Å². The van der Waals surface area contributed by atoms with Gasteiger partial charge in [0, 0.05) is 29.8 Å². The van der Waals surface area contributed by atoms with Crippen molar-refractivity contribution >= 4 is 21.4 Å². The van der Waals surface area contributed by atoms with Crippen LogP contribution in [0.5, 0.6) is 17.2 Å². The number of nitrogens with zero attached hydrogens (tertiary/aromatic N) is 1. The summed E-state index contributed by atoms with van der Waals surface area (Å²) >= 11 is 1.54. The summed E-state index contributed by atoms with van der Waals surface area (Å²) in [6, 6.07) is 12.3. The van der Waals surface area contributed by atoms with Crippen molar-refractivity contribution in [2.24, 2.45) is 0 Å². The third-order valence-electron chi connectivity index (χ3n) is 3.61. The van der Waals surface area contributed by atoms with Crippen LogP contribution in [-0.4, -0.2) is 26.6 Å². The molecular weight excluding hydrogens is 360 g/mol. The molecule has 1 aliphatic heterocycles. The first-order chi connectivity index (χ1) is 12.1. The topological polar surface area (TPSA) is 77.5 Å². The maximum atomic E-state index is 12.3. The summed E-state index contributed by atoms with van der Waals surface area (Å²) in [4.78, 5) is 4.36. The Labute approximate surface area is 149 Å². The van der Waals surface area contributed by atoms with Gasteiger partial charge >= 0.3 is 0 Å². The lowest BCUT2D eigenvalue weighted by atomic mass is 10.2. The number of sulfonamides is 1. The number of hydrogen-bond donors (Lipinski definition) is 1. The molecule has 0 amide bonds. The van der Waals surface area contributed by atoms with E-state index in [2.05, 4.69) is 9.71 Å². The van der Waals surface area contributed by atoms with Gasteiger partial charge in [0.2, 0.25) is 10.0 Å². The highest BCUT2D eigenvalue weighted by Crippen LogP contribution is 2.33. The molecule has 0 bridgehead atoms. The standard InChI is InChI=1S/C17H14N2O4S2/c20-25(21)16-11-14(4-5-15(16)22-8-6-19-25)23-13-3-1-2-12(10-13)17-18-7-9-24-17/h1-5,7,9-11,19H,6,8H2. The van der Waals surface area contributed by atoms with Gasteiger partial charge in [0.25, 0.3) is 0 Å². The van der Waals surface area contributed by atoms with Gasteiger partial charge in [-0.25, -0.2) is 18.1 Å². The Morgan fingerprint density at radius 3 is 2.88 bits per heavy atom. The molecule has 25 heavy (non-hydrogen) atoms. The molecular formula is C17H14N2O4S2. The van der Waals surface area contributed by atoms with Crippen molar-refractivity contribution in [1.82, 2.24) is 9.71 Å². The quantitative estimate of drug-likeness (QED) is 0.761. The first kappa shape index (κ1) is 16.1. The van der Waals surface area contributed by atoms with Crippen molar-refractivity contribution in [3.8, 4) is 27.8 Å². The molecule has 3 aromatic rings. The highest BCUT2D eigenvalue weighted by Gasteiger charge is 2.23. The maximum Gasteiger partial charge on any atom is 0.244 e. The molecule has 6 nitrogen and oxygen atoms in total. The van der Waals surface area contributed by atoms with Gasteiger partial charge in [-0.3, -0.25) is 0 Å². The highest BCUT2D eigenvalue weighted by atomic mass is 32.2. The fourth-order valence-electron chi connectivity index (χ4n) is 2.49. The van der Waals surface area contributed by atoms with Crippen LogP contribution in [0.1, 0.15) is 0 Å². The summed E-state index contributed by atoms with van der Waals surface area (Å²) in [7, 11) is -3.60. The average Bonchev–Trinajstić information content (AvgIpc) is 3.10. The third-order valence-corrected chi connectivity index (χ3v) is 5.91. The summed E-state index contributed by atoms with van der Waals surface area (Å²) in [6.45, 7) is 0.533. The Kier molecular flexibility index (Phi) is 4.16. The van der Waals surface area contributed by atoms with Gasteiger partial charge in [-0.2, -0.15) is 0 Å². The van der Waals surface area contributed by atoms with Crippen LogP contribution < -0.4 is 14.2 Å². The lowest BCUT2D eigenvalue weighted by Gasteiger charge is -2.10. The van der Waals surface area contributed by atoms with Crippen LogP contribution in [0, 0.1) is 0 Å². The number of nitrogens with one attached hydrogen (secondary N) is 1. The molecule has 2 heterocycles. The predicted molar refractivity (Wildman–Crippen MR) is 94.7 cm³/mol. The fourth-order valence-corrected chi connectivity index (χ4v) is 4.30. The zero-order valence-electron chi connectivity index (χ0n) is 13.0. The molecule has 0 saturated heterocycles. The van der Waals surface area contributed by atoms with E-state index in [0.29, 0.717) is 23.9 Å². The monoisotopic (exact) mass is 374 g/mol. The van der Waals surface area contributed by atoms with E-state index in [1.165, 1.54) is 6.07 Å². The van der Waals surface area contributed by atoms with Gasteiger partial charge in [-0.05, 0) is 24.3 Å². The summed E-state index contributed by atoms with van der Waals surface area (Å²) in [5, 5.41) is 2.81. The van der Waals surface area contributed by atoms with E-state index < -0.39 is 10.0 Å². The number of thiazole rings is 1. The summed E-state index contributed by atoms with van der Waals surface area (Å²) in [6.07, 6.45) is 1.75. The fraction of sp³-hybridized carbons (Fsp3) is 0.118. The van der Waals surface area contributed by atoms with E-state index in [1.807, 2.05) is 29.6 Å². The van der Waals surface area contributed by atoms with Gasteiger partial charge < -0.3 is 9.47 Å². The Balaban J connectivity index is 1.66. The molecule has 0 spiro atoms. The van der Waals surface area contributed by atoms with Crippen molar-refractivity contribution in [1.29, 1.82) is 0 Å². The number of aromatic nitrogens is 1. The smallest absolute Gasteiger partial charge is 0.244 e. The van der Waals surface area contributed by atoms with E-state index in [1.54, 1.807) is 29.7 Å². The van der Waals surface area contributed by atoms with Crippen LogP contribution in [0.4, 0.5) is 0 Å². The number of rotatable bonds is 3. The Bertz CT molecular complexity index is 1000. The molecule has 0 aliphatic carbocycles. The molecule has 4 rings (SSSR count). The van der Waals surface area contributed by atoms with Gasteiger partial charge in [0.15, 0.2) is 0 Å². The third kappa shape index (κ3) is 3.37. The summed E-state index contributed by atoms with van der Waals surface area (Å²) < 4.78 is 38.3. The molecule has 1 N–H and O–H groups in total. The number of hydrogen-bond acceptors (Lipinski definition) is 6. The van der Waals surface area contributed by atoms with Crippen molar-refractivity contribution in [2.45, 2.75) is 4.90 Å². The van der Waals surface area contributed by atoms with E-state index in [-0.39, 0.29) is 11.4 Å². The van der Waals surface area contributed by atoms with E-state index in [9.17, 15) is 8.42 Å². The Morgan fingerprint density at radius 2 is 2.04 bits per heavy atom. The van der Waals surface area contributed by atoms with E-state index in [0.717, 1.165) is 10.6 Å². The number of benzene rings is 2. The molecule has 1 aromatic heterocycles. The number of ether oxygens (including phenoxy) is 2. The molecule has 2 aromatic carbocycles. The maximum absolute atomic E-state index is 12.3. The molecule has 128 valence electrons. The van der Waals surface area contributed by atoms with Gasteiger partial charge in [0.05, 0.1) is 0 Å². The Morgan fingerprint density at radius 1 is 1.16 bits per heavy atom. The second-order valence-electron chi connectivity index (χ2n) is 5.32. The van der Waals surface area contributed by atoms with Crippen LogP contribution in [0.15, 0.2) is 58.9 Å². The van der Waals surface area contributed by atoms with Crippen LogP contribution in [0.2, 0.25) is 0 Å². The van der Waals surface area contributed by atoms with Crippen LogP contribution in [-0.2, 0) is 10.0 Å². The first-order valence-electron chi connectivity index (χ1n) is 7.56. The zero-order chi connectivity index (χ0) is 17.3. The van der Waals surface area contributed by atoms with E-state index in [4.69, 9.17) is 9.47 Å². The van der Waals surface area contributed by atoms with E-state index >= 15 is 0 Å². The molecule has 0 atom stereocenters. The lowest BCUT2D eigenvalue weighted by molar-refractivity contribution is 0.320. The molecule has 0 fully saturated rings. The molecule has 0 unspecified atom stereocenters. The van der Waals surface area contributed by atoms with Crippen molar-refractivity contribution in [3.63, 3.8) is 0 Å². The molecule has 8 heteroatoms. The molecule has 0 saturated carbocycles. The van der Waals surface area contributed by atoms with Crippen molar-refractivity contribution in [3.05, 3.63) is 54.0 Å². The van der Waals surface area contributed by atoms with Crippen LogP contribution in [0.3, 0.4) is 0 Å². The van der Waals surface area contributed by atoms with Crippen LogP contribution >= 0.6 is 11.3 Å². The largest absolute Gasteiger partial charge is 0.491 e. The Hall–Kier alpha value is -2.42. The van der Waals surface area contributed by atoms with Gasteiger partial charge in [-0.15, -0.1) is 11.3 Å². The first-order valence-corrected chi connectivity index (χ1v) is 9.92. The minimum Gasteiger partial charge on any atom is -0.491 e. The lowest BCUT2D eigenvalue weighted by Crippen LogP contribution is -2.24. The minimum absolute atomic E-state index is 0.0820. The molecule has 0 radical (unpaired) electrons. The minimum atomic E-state index is -3.60. The van der Waals surface area contributed by atoms with Crippen molar-refractivity contribution < 1.29 is 17.9 Å².